The molecule has 0 saturated heterocycles. The van der Waals surface area contributed by atoms with Crippen molar-refractivity contribution >= 4 is 29.4 Å². The van der Waals surface area contributed by atoms with Gasteiger partial charge in [-0.1, -0.05) is 71.4 Å². The van der Waals surface area contributed by atoms with E-state index in [2.05, 4.69) is 43.6 Å². The summed E-state index contributed by atoms with van der Waals surface area (Å²) in [6.07, 6.45) is 1.74. The number of carbonyl (C=O) groups is 3. The number of hydrogen-bond acceptors (Lipinski definition) is 4. The molecule has 4 amide bonds. The summed E-state index contributed by atoms with van der Waals surface area (Å²) in [5.74, 6) is -0.0200. The van der Waals surface area contributed by atoms with E-state index >= 15 is 0 Å². The first-order chi connectivity index (χ1) is 18.1. The van der Waals surface area contributed by atoms with Gasteiger partial charge in [-0.25, -0.2) is 14.4 Å². The van der Waals surface area contributed by atoms with Gasteiger partial charge in [-0.3, -0.25) is 4.90 Å². The molecule has 1 heterocycles. The van der Waals surface area contributed by atoms with Crippen molar-refractivity contribution < 1.29 is 19.1 Å². The fraction of sp³-hybridized carbons (Fsp3) is 0.433. The molecule has 0 aliphatic carbocycles. The Hall–Kier alpha value is -3.81. The molecule has 3 N–H and O–H groups in total. The quantitative estimate of drug-likeness (QED) is 0.313. The number of allylic oxidation sites excluding steroid dienone is 1. The van der Waals surface area contributed by atoms with Crippen molar-refractivity contribution in [3.8, 4) is 0 Å². The van der Waals surface area contributed by atoms with E-state index < -0.39 is 12.0 Å². The fourth-order valence-corrected chi connectivity index (χ4v) is 4.76. The molecular formula is C30H40N4O4. The zero-order valence-electron chi connectivity index (χ0n) is 23.5. The Balaban J connectivity index is 1.90. The van der Waals surface area contributed by atoms with Gasteiger partial charge in [-0.15, -0.1) is 0 Å². The fourth-order valence-electron chi connectivity index (χ4n) is 4.76. The number of nitrogens with zero attached hydrogens (tertiary/aromatic N) is 1. The van der Waals surface area contributed by atoms with Crippen LogP contribution in [0.15, 0.2) is 53.7 Å². The number of para-hydroxylation sites is 1. The lowest BCUT2D eigenvalue weighted by atomic mass is 9.93. The van der Waals surface area contributed by atoms with Crippen LogP contribution in [0.4, 0.5) is 21.0 Å². The first-order valence-electron chi connectivity index (χ1n) is 13.3. The maximum Gasteiger partial charge on any atom is 0.337 e. The summed E-state index contributed by atoms with van der Waals surface area (Å²) in [5.41, 5.74) is 5.11. The van der Waals surface area contributed by atoms with Crippen LogP contribution in [0.2, 0.25) is 0 Å². The maximum absolute atomic E-state index is 13.1. The van der Waals surface area contributed by atoms with Crippen LogP contribution in [0.1, 0.15) is 89.0 Å². The van der Waals surface area contributed by atoms with Crippen LogP contribution in [0.25, 0.3) is 0 Å². The van der Waals surface area contributed by atoms with Gasteiger partial charge in [-0.05, 0) is 54.0 Å². The predicted molar refractivity (Wildman–Crippen MR) is 151 cm³/mol. The van der Waals surface area contributed by atoms with Gasteiger partial charge in [0.15, 0.2) is 0 Å². The minimum Gasteiger partial charge on any atom is -0.466 e. The van der Waals surface area contributed by atoms with Crippen molar-refractivity contribution in [3.63, 3.8) is 0 Å². The van der Waals surface area contributed by atoms with E-state index in [1.165, 1.54) is 7.11 Å². The Morgan fingerprint density at radius 1 is 1.03 bits per heavy atom. The topological polar surface area (TPSA) is 99.8 Å². The average Bonchev–Trinajstić information content (AvgIpc) is 2.87. The summed E-state index contributed by atoms with van der Waals surface area (Å²) in [7, 11) is 1.33. The number of rotatable bonds is 9. The van der Waals surface area contributed by atoms with Gasteiger partial charge in [-0.2, -0.15) is 0 Å². The number of hydrogen-bond donors (Lipinski definition) is 3. The second-order valence-corrected chi connectivity index (χ2v) is 10.2. The van der Waals surface area contributed by atoms with Crippen molar-refractivity contribution in [3.05, 3.63) is 70.4 Å². The van der Waals surface area contributed by atoms with E-state index in [1.807, 2.05) is 31.2 Å². The van der Waals surface area contributed by atoms with Crippen LogP contribution in [-0.4, -0.2) is 36.6 Å². The maximum atomic E-state index is 13.1. The Bertz CT molecular complexity index is 1190. The van der Waals surface area contributed by atoms with E-state index in [1.54, 1.807) is 30.0 Å². The summed E-state index contributed by atoms with van der Waals surface area (Å²) < 4.78 is 5.07. The van der Waals surface area contributed by atoms with Crippen molar-refractivity contribution in [2.45, 2.75) is 72.3 Å². The standard InChI is InChI=1S/C30H40N4O4/c1-8-9-16-34-20(6)25(28(35)38-7)26(33-30(34)37)21-12-10-13-22(17-21)31-29(36)32-27-23(18(2)3)14-11-15-24(27)19(4)5/h10-15,17-19,26H,8-9,16H2,1-7H3,(H,33,37)(H2,31,32,36). The Labute approximate surface area is 225 Å². The number of esters is 1. The van der Waals surface area contributed by atoms with Gasteiger partial charge in [0, 0.05) is 23.6 Å². The van der Waals surface area contributed by atoms with Crippen LogP contribution in [0.3, 0.4) is 0 Å². The molecule has 0 aromatic heterocycles. The molecule has 0 fully saturated rings. The summed E-state index contributed by atoms with van der Waals surface area (Å²) >= 11 is 0. The lowest BCUT2D eigenvalue weighted by Crippen LogP contribution is -2.48. The van der Waals surface area contributed by atoms with Gasteiger partial charge in [0.05, 0.1) is 18.7 Å². The summed E-state index contributed by atoms with van der Waals surface area (Å²) in [6, 6.07) is 11.9. The number of unbranched alkanes of at least 4 members (excludes halogenated alkanes) is 1. The van der Waals surface area contributed by atoms with Gasteiger partial charge in [0.1, 0.15) is 0 Å². The SMILES string of the molecule is CCCCN1C(=O)NC(c2cccc(NC(=O)Nc3c(C(C)C)cccc3C(C)C)c2)C(C(=O)OC)=C1C. The molecule has 8 heteroatoms. The molecule has 1 unspecified atom stereocenters. The third-order valence-electron chi connectivity index (χ3n) is 6.83. The molecule has 0 bridgehead atoms. The Morgan fingerprint density at radius 2 is 1.66 bits per heavy atom. The molecule has 204 valence electrons. The van der Waals surface area contributed by atoms with Gasteiger partial charge in [0.2, 0.25) is 0 Å². The van der Waals surface area contributed by atoms with E-state index in [0.29, 0.717) is 29.1 Å². The lowest BCUT2D eigenvalue weighted by molar-refractivity contribution is -0.136. The molecule has 38 heavy (non-hydrogen) atoms. The molecule has 1 aliphatic rings. The number of benzene rings is 2. The Morgan fingerprint density at radius 3 is 2.24 bits per heavy atom. The third-order valence-corrected chi connectivity index (χ3v) is 6.83. The zero-order valence-corrected chi connectivity index (χ0v) is 23.5. The molecule has 0 saturated carbocycles. The van der Waals surface area contributed by atoms with Crippen LogP contribution >= 0.6 is 0 Å². The van der Waals surface area contributed by atoms with Crippen molar-refractivity contribution in [2.24, 2.45) is 0 Å². The molecule has 2 aromatic carbocycles. The van der Waals surface area contributed by atoms with Crippen LogP contribution in [0.5, 0.6) is 0 Å². The average molecular weight is 521 g/mol. The highest BCUT2D eigenvalue weighted by Crippen LogP contribution is 2.34. The molecule has 8 nitrogen and oxygen atoms in total. The molecule has 2 aromatic rings. The van der Waals surface area contributed by atoms with Gasteiger partial charge in [0.25, 0.3) is 0 Å². The first-order valence-corrected chi connectivity index (χ1v) is 13.3. The van der Waals surface area contributed by atoms with Gasteiger partial charge < -0.3 is 20.7 Å². The Kier molecular flexibility index (Phi) is 9.55. The number of urea groups is 2. The molecular weight excluding hydrogens is 480 g/mol. The number of carbonyl (C=O) groups excluding carboxylic acids is 3. The van der Waals surface area contributed by atoms with E-state index in [4.69, 9.17) is 4.74 Å². The van der Waals surface area contributed by atoms with Crippen molar-refractivity contribution in [1.29, 1.82) is 0 Å². The minimum atomic E-state index is -0.702. The first kappa shape index (κ1) is 28.8. The number of amides is 4. The van der Waals surface area contributed by atoms with Gasteiger partial charge >= 0.3 is 18.0 Å². The van der Waals surface area contributed by atoms with E-state index in [9.17, 15) is 14.4 Å². The highest BCUT2D eigenvalue weighted by Gasteiger charge is 2.36. The van der Waals surface area contributed by atoms with Crippen molar-refractivity contribution in [1.82, 2.24) is 10.2 Å². The summed E-state index contributed by atoms with van der Waals surface area (Å²) in [4.78, 5) is 40.4. The molecule has 0 spiro atoms. The summed E-state index contributed by atoms with van der Waals surface area (Å²) in [5, 5.41) is 8.92. The second kappa shape index (κ2) is 12.6. The van der Waals surface area contributed by atoms with Crippen LogP contribution in [0, 0.1) is 0 Å². The van der Waals surface area contributed by atoms with Crippen molar-refractivity contribution in [2.75, 3.05) is 24.3 Å². The smallest absolute Gasteiger partial charge is 0.337 e. The third kappa shape index (κ3) is 6.36. The predicted octanol–water partition coefficient (Wildman–Crippen LogP) is 6.89. The summed E-state index contributed by atoms with van der Waals surface area (Å²) in [6.45, 7) is 12.7. The second-order valence-electron chi connectivity index (χ2n) is 10.2. The number of anilines is 2. The highest BCUT2D eigenvalue weighted by molar-refractivity contribution is 6.01. The highest BCUT2D eigenvalue weighted by atomic mass is 16.5. The van der Waals surface area contributed by atoms with Crippen LogP contribution in [-0.2, 0) is 9.53 Å². The van der Waals surface area contributed by atoms with E-state index in [0.717, 1.165) is 29.7 Å². The largest absolute Gasteiger partial charge is 0.466 e. The number of nitrogens with one attached hydrogen (secondary N) is 3. The zero-order chi connectivity index (χ0) is 28.0. The van der Waals surface area contributed by atoms with Crippen LogP contribution < -0.4 is 16.0 Å². The molecule has 1 aliphatic heterocycles. The molecule has 1 atom stereocenters. The number of ether oxygens (including phenoxy) is 1. The molecule has 0 radical (unpaired) electrons. The van der Waals surface area contributed by atoms with E-state index in [-0.39, 0.29) is 23.9 Å². The molecule has 3 rings (SSSR count). The lowest BCUT2D eigenvalue weighted by Gasteiger charge is -2.35. The normalized spacial score (nSPS) is 15.6. The minimum absolute atomic E-state index is 0.242. The monoisotopic (exact) mass is 520 g/mol. The number of methoxy groups -OCH3 is 1.